The molecule has 0 aliphatic carbocycles. The van der Waals surface area contributed by atoms with Crippen LogP contribution in [-0.2, 0) is 4.79 Å². The van der Waals surface area contributed by atoms with E-state index in [1.54, 1.807) is 0 Å². The van der Waals surface area contributed by atoms with E-state index in [0.29, 0.717) is 0 Å². The Bertz CT molecular complexity index is 220. The zero-order valence-electron chi connectivity index (χ0n) is 9.58. The molecule has 1 heterocycles. The molecule has 1 N–H and O–H groups in total. The van der Waals surface area contributed by atoms with Gasteiger partial charge in [0.2, 0.25) is 0 Å². The summed E-state index contributed by atoms with van der Waals surface area (Å²) in [4.78, 5) is 13.3. The monoisotopic (exact) mass is 199 g/mol. The molecule has 0 aromatic heterocycles. The first-order chi connectivity index (χ1) is 6.34. The van der Waals surface area contributed by atoms with Crippen molar-refractivity contribution in [3.63, 3.8) is 0 Å². The third-order valence-electron chi connectivity index (χ3n) is 3.09. The van der Waals surface area contributed by atoms with Gasteiger partial charge in [0, 0.05) is 6.04 Å². The van der Waals surface area contributed by atoms with E-state index >= 15 is 0 Å². The number of piperidine rings is 1. The molecular weight excluding hydrogens is 178 g/mol. The standard InChI is InChI=1S/C11H21NO2/c1-11(2,3)9-8(10(13)14)6-5-7-12(9)4/h8-9H,5-7H2,1-4H3,(H,13,14). The maximum Gasteiger partial charge on any atom is 0.308 e. The highest BCUT2D eigenvalue weighted by Crippen LogP contribution is 2.35. The first-order valence-corrected chi connectivity index (χ1v) is 5.27. The first-order valence-electron chi connectivity index (χ1n) is 5.27. The van der Waals surface area contributed by atoms with E-state index in [1.807, 2.05) is 7.05 Å². The van der Waals surface area contributed by atoms with E-state index in [0.717, 1.165) is 19.4 Å². The van der Waals surface area contributed by atoms with Crippen molar-refractivity contribution >= 4 is 5.97 Å². The SMILES string of the molecule is CN1CCCC(C(=O)O)C1C(C)(C)C. The molecular formula is C11H21NO2. The van der Waals surface area contributed by atoms with Crippen LogP contribution >= 0.6 is 0 Å². The lowest BCUT2D eigenvalue weighted by Crippen LogP contribution is -2.52. The Morgan fingerprint density at radius 2 is 2.00 bits per heavy atom. The molecule has 3 heteroatoms. The number of rotatable bonds is 1. The topological polar surface area (TPSA) is 40.5 Å². The van der Waals surface area contributed by atoms with E-state index in [4.69, 9.17) is 5.11 Å². The Morgan fingerprint density at radius 1 is 1.43 bits per heavy atom. The van der Waals surface area contributed by atoms with Gasteiger partial charge in [-0.25, -0.2) is 0 Å². The Morgan fingerprint density at radius 3 is 2.36 bits per heavy atom. The lowest BCUT2D eigenvalue weighted by molar-refractivity contribution is -0.148. The van der Waals surface area contributed by atoms with Crippen LogP contribution in [0.4, 0.5) is 0 Å². The van der Waals surface area contributed by atoms with Crippen LogP contribution < -0.4 is 0 Å². The fourth-order valence-electron chi connectivity index (χ4n) is 2.69. The molecule has 82 valence electrons. The van der Waals surface area contributed by atoms with E-state index in [1.165, 1.54) is 0 Å². The maximum atomic E-state index is 11.1. The molecule has 0 saturated carbocycles. The summed E-state index contributed by atoms with van der Waals surface area (Å²) in [5.74, 6) is -0.842. The van der Waals surface area contributed by atoms with E-state index in [9.17, 15) is 4.79 Å². The zero-order valence-corrected chi connectivity index (χ0v) is 9.58. The summed E-state index contributed by atoms with van der Waals surface area (Å²) in [6, 6.07) is 0.161. The molecule has 0 aromatic rings. The average Bonchev–Trinajstić information content (AvgIpc) is 2.01. The molecule has 0 bridgehead atoms. The third kappa shape index (κ3) is 2.27. The Kier molecular flexibility index (Phi) is 3.20. The molecule has 14 heavy (non-hydrogen) atoms. The van der Waals surface area contributed by atoms with Crippen molar-refractivity contribution < 1.29 is 9.90 Å². The summed E-state index contributed by atoms with van der Waals surface area (Å²) in [6.45, 7) is 7.38. The average molecular weight is 199 g/mol. The lowest BCUT2D eigenvalue weighted by atomic mass is 9.74. The Hall–Kier alpha value is -0.570. The first kappa shape index (κ1) is 11.5. The van der Waals surface area contributed by atoms with E-state index in [2.05, 4.69) is 25.7 Å². The summed E-state index contributed by atoms with van der Waals surface area (Å²) < 4.78 is 0. The predicted molar refractivity (Wildman–Crippen MR) is 56.2 cm³/mol. The smallest absolute Gasteiger partial charge is 0.308 e. The number of aliphatic carboxylic acids is 1. The van der Waals surface area contributed by atoms with Crippen molar-refractivity contribution in [1.82, 2.24) is 4.90 Å². The second-order valence-electron chi connectivity index (χ2n) is 5.38. The number of hydrogen-bond acceptors (Lipinski definition) is 2. The van der Waals surface area contributed by atoms with Gasteiger partial charge in [-0.1, -0.05) is 20.8 Å². The fraction of sp³-hybridized carbons (Fsp3) is 0.909. The van der Waals surface area contributed by atoms with Crippen LogP contribution in [0.1, 0.15) is 33.6 Å². The molecule has 1 saturated heterocycles. The second kappa shape index (κ2) is 3.89. The van der Waals surface area contributed by atoms with E-state index < -0.39 is 5.97 Å². The minimum absolute atomic E-state index is 0.0399. The highest BCUT2D eigenvalue weighted by atomic mass is 16.4. The minimum atomic E-state index is -0.642. The molecule has 1 fully saturated rings. The van der Waals surface area contributed by atoms with Crippen LogP contribution in [0.15, 0.2) is 0 Å². The van der Waals surface area contributed by atoms with Crippen LogP contribution in [0.3, 0.4) is 0 Å². The predicted octanol–water partition coefficient (Wildman–Crippen LogP) is 1.83. The van der Waals surface area contributed by atoms with Crippen molar-refractivity contribution in [2.45, 2.75) is 39.7 Å². The van der Waals surface area contributed by atoms with Gasteiger partial charge in [0.05, 0.1) is 5.92 Å². The molecule has 1 aliphatic heterocycles. The summed E-state index contributed by atoms with van der Waals surface area (Å²) in [5.41, 5.74) is 0.0399. The van der Waals surface area contributed by atoms with Gasteiger partial charge < -0.3 is 10.0 Å². The van der Waals surface area contributed by atoms with Gasteiger partial charge in [-0.05, 0) is 31.8 Å². The molecule has 2 atom stereocenters. The fourth-order valence-corrected chi connectivity index (χ4v) is 2.69. The summed E-state index contributed by atoms with van der Waals surface area (Å²) in [7, 11) is 2.03. The van der Waals surface area contributed by atoms with Crippen molar-refractivity contribution in [3.05, 3.63) is 0 Å². The van der Waals surface area contributed by atoms with Crippen molar-refractivity contribution in [2.24, 2.45) is 11.3 Å². The molecule has 0 radical (unpaired) electrons. The van der Waals surface area contributed by atoms with Gasteiger partial charge in [0.1, 0.15) is 0 Å². The van der Waals surface area contributed by atoms with Gasteiger partial charge in [0.15, 0.2) is 0 Å². The van der Waals surface area contributed by atoms with Crippen LogP contribution in [0.25, 0.3) is 0 Å². The molecule has 3 nitrogen and oxygen atoms in total. The second-order valence-corrected chi connectivity index (χ2v) is 5.38. The minimum Gasteiger partial charge on any atom is -0.481 e. The maximum absolute atomic E-state index is 11.1. The van der Waals surface area contributed by atoms with Crippen LogP contribution in [0.5, 0.6) is 0 Å². The van der Waals surface area contributed by atoms with Gasteiger partial charge in [-0.2, -0.15) is 0 Å². The molecule has 2 unspecified atom stereocenters. The molecule has 1 rings (SSSR count). The molecule has 0 amide bonds. The highest BCUT2D eigenvalue weighted by Gasteiger charge is 2.41. The summed E-state index contributed by atoms with van der Waals surface area (Å²) >= 11 is 0. The van der Waals surface area contributed by atoms with Crippen molar-refractivity contribution in [1.29, 1.82) is 0 Å². The number of carboxylic acids is 1. The van der Waals surface area contributed by atoms with Crippen LogP contribution in [-0.4, -0.2) is 35.6 Å². The molecule has 0 aromatic carbocycles. The van der Waals surface area contributed by atoms with Gasteiger partial charge in [-0.15, -0.1) is 0 Å². The largest absolute Gasteiger partial charge is 0.481 e. The number of carboxylic acid groups (broad SMARTS) is 1. The van der Waals surface area contributed by atoms with Crippen LogP contribution in [0, 0.1) is 11.3 Å². The Labute approximate surface area is 86.1 Å². The van der Waals surface area contributed by atoms with Gasteiger partial charge >= 0.3 is 5.97 Å². The van der Waals surface area contributed by atoms with Crippen molar-refractivity contribution in [2.75, 3.05) is 13.6 Å². The van der Waals surface area contributed by atoms with Crippen LogP contribution in [0.2, 0.25) is 0 Å². The Balaban J connectivity index is 2.87. The number of nitrogens with zero attached hydrogens (tertiary/aromatic N) is 1. The zero-order chi connectivity index (χ0) is 10.9. The lowest BCUT2D eigenvalue weighted by Gasteiger charge is -2.44. The number of likely N-dealkylation sites (tertiary alicyclic amines) is 1. The summed E-state index contributed by atoms with van der Waals surface area (Å²) in [6.07, 6.45) is 1.82. The molecule has 1 aliphatic rings. The third-order valence-corrected chi connectivity index (χ3v) is 3.09. The number of hydrogen-bond donors (Lipinski definition) is 1. The van der Waals surface area contributed by atoms with Crippen molar-refractivity contribution in [3.8, 4) is 0 Å². The van der Waals surface area contributed by atoms with Gasteiger partial charge in [0.25, 0.3) is 0 Å². The van der Waals surface area contributed by atoms with E-state index in [-0.39, 0.29) is 17.4 Å². The number of carbonyl (C=O) groups is 1. The summed E-state index contributed by atoms with van der Waals surface area (Å²) in [5, 5.41) is 9.16. The van der Waals surface area contributed by atoms with Gasteiger partial charge in [-0.3, -0.25) is 4.79 Å². The highest BCUT2D eigenvalue weighted by molar-refractivity contribution is 5.71. The normalized spacial score (nSPS) is 30.3. The molecule has 0 spiro atoms. The quantitative estimate of drug-likeness (QED) is 0.700.